The van der Waals surface area contributed by atoms with Crippen molar-refractivity contribution in [2.24, 2.45) is 11.8 Å². The van der Waals surface area contributed by atoms with Gasteiger partial charge in [0.1, 0.15) is 6.10 Å². The first-order chi connectivity index (χ1) is 14.7. The summed E-state index contributed by atoms with van der Waals surface area (Å²) < 4.78 is 19.1. The van der Waals surface area contributed by atoms with E-state index in [4.69, 9.17) is 14.2 Å². The van der Waals surface area contributed by atoms with Crippen LogP contribution in [-0.4, -0.2) is 49.3 Å². The number of carbonyl (C=O) groups excluding carboxylic acids is 4. The van der Waals surface area contributed by atoms with Crippen molar-refractivity contribution in [1.29, 1.82) is 0 Å². The third-order valence-corrected chi connectivity index (χ3v) is 5.16. The summed E-state index contributed by atoms with van der Waals surface area (Å²) >= 11 is 0. The molecular weight excluding hydrogens is 404 g/mol. The summed E-state index contributed by atoms with van der Waals surface area (Å²) in [6, 6.07) is 0. The molecule has 0 aromatic heterocycles. The number of hydrogen-bond acceptors (Lipinski definition) is 8. The second kappa shape index (κ2) is 14.8. The van der Waals surface area contributed by atoms with Gasteiger partial charge in [-0.15, -0.1) is 0 Å². The third-order valence-electron chi connectivity index (χ3n) is 5.16. The number of carbonyl (C=O) groups is 4. The van der Waals surface area contributed by atoms with Gasteiger partial charge < -0.3 is 18.9 Å². The summed E-state index contributed by atoms with van der Waals surface area (Å²) in [5.41, 5.74) is 0. The molecular formula is C23H38O8. The molecule has 0 aromatic carbocycles. The van der Waals surface area contributed by atoms with Crippen LogP contribution in [0.4, 0.5) is 0 Å². The van der Waals surface area contributed by atoms with E-state index in [2.05, 4.69) is 11.7 Å². The Morgan fingerprint density at radius 1 is 0.710 bits per heavy atom. The minimum absolute atomic E-state index is 0.0307. The second-order valence-electron chi connectivity index (χ2n) is 8.57. The van der Waals surface area contributed by atoms with Crippen LogP contribution in [0.25, 0.3) is 0 Å². The molecule has 4 atom stereocenters. The van der Waals surface area contributed by atoms with Gasteiger partial charge in [-0.3, -0.25) is 19.2 Å². The van der Waals surface area contributed by atoms with Gasteiger partial charge >= 0.3 is 23.9 Å². The van der Waals surface area contributed by atoms with Crippen molar-refractivity contribution in [3.05, 3.63) is 0 Å². The van der Waals surface area contributed by atoms with Crippen molar-refractivity contribution in [3.8, 4) is 0 Å². The Balaban J connectivity index is 0.000000207. The van der Waals surface area contributed by atoms with E-state index in [0.717, 1.165) is 32.1 Å². The van der Waals surface area contributed by atoms with Crippen molar-refractivity contribution < 1.29 is 38.1 Å². The van der Waals surface area contributed by atoms with Crippen molar-refractivity contribution in [1.82, 2.24) is 0 Å². The van der Waals surface area contributed by atoms with Gasteiger partial charge in [-0.1, -0.05) is 20.8 Å². The Bertz CT molecular complexity index is 576. The van der Waals surface area contributed by atoms with E-state index < -0.39 is 0 Å². The number of cyclic esters (lactones) is 4. The topological polar surface area (TPSA) is 105 Å². The molecule has 4 aliphatic heterocycles. The number of hydrogen-bond donors (Lipinski definition) is 0. The fourth-order valence-electron chi connectivity index (χ4n) is 3.14. The Labute approximate surface area is 185 Å². The molecule has 8 nitrogen and oxygen atoms in total. The number of ether oxygens (including phenoxy) is 4. The van der Waals surface area contributed by atoms with Crippen molar-refractivity contribution in [2.75, 3.05) is 13.2 Å². The van der Waals surface area contributed by atoms with Crippen LogP contribution in [-0.2, 0) is 38.1 Å². The van der Waals surface area contributed by atoms with E-state index in [1.807, 2.05) is 20.8 Å². The summed E-state index contributed by atoms with van der Waals surface area (Å²) in [6.45, 7) is 9.30. The molecule has 8 heteroatoms. The van der Waals surface area contributed by atoms with Gasteiger partial charge in [0.25, 0.3) is 0 Å². The molecule has 0 aromatic rings. The monoisotopic (exact) mass is 442 g/mol. The zero-order valence-corrected chi connectivity index (χ0v) is 19.4. The van der Waals surface area contributed by atoms with Crippen LogP contribution in [0.1, 0.15) is 85.5 Å². The Morgan fingerprint density at radius 2 is 1.32 bits per heavy atom. The molecule has 0 amide bonds. The summed E-state index contributed by atoms with van der Waals surface area (Å²) in [7, 11) is 0. The average molecular weight is 443 g/mol. The van der Waals surface area contributed by atoms with E-state index in [1.54, 1.807) is 0 Å². The van der Waals surface area contributed by atoms with Gasteiger partial charge in [0.2, 0.25) is 0 Å². The van der Waals surface area contributed by atoms with E-state index in [9.17, 15) is 19.2 Å². The lowest BCUT2D eigenvalue weighted by Crippen LogP contribution is -2.19. The molecule has 0 spiro atoms. The summed E-state index contributed by atoms with van der Waals surface area (Å²) in [6.07, 6.45) is 7.77. The molecule has 0 N–H and O–H groups in total. The first-order valence-corrected chi connectivity index (χ1v) is 11.4. The molecule has 178 valence electrons. The van der Waals surface area contributed by atoms with Gasteiger partial charge in [0.05, 0.1) is 25.7 Å². The first-order valence-electron chi connectivity index (χ1n) is 11.4. The predicted octanol–water partition coefficient (Wildman–Crippen LogP) is 3.73. The number of rotatable bonds is 1. The minimum atomic E-state index is -0.0486. The van der Waals surface area contributed by atoms with Crippen LogP contribution in [0.5, 0.6) is 0 Å². The quantitative estimate of drug-likeness (QED) is 0.447. The zero-order chi connectivity index (χ0) is 23.2. The summed E-state index contributed by atoms with van der Waals surface area (Å²) in [5.74, 6) is 0.872. The smallest absolute Gasteiger partial charge is 0.306 e. The maximum Gasteiger partial charge on any atom is 0.306 e. The van der Waals surface area contributed by atoms with E-state index >= 15 is 0 Å². The Kier molecular flexibility index (Phi) is 12.9. The molecule has 31 heavy (non-hydrogen) atoms. The molecule has 4 saturated heterocycles. The van der Waals surface area contributed by atoms with Crippen molar-refractivity contribution >= 4 is 23.9 Å². The van der Waals surface area contributed by atoms with Crippen molar-refractivity contribution in [3.63, 3.8) is 0 Å². The Morgan fingerprint density at radius 3 is 1.61 bits per heavy atom. The van der Waals surface area contributed by atoms with Crippen molar-refractivity contribution in [2.45, 2.75) is 97.7 Å². The maximum atomic E-state index is 10.5. The summed E-state index contributed by atoms with van der Waals surface area (Å²) in [5, 5.41) is 0. The summed E-state index contributed by atoms with van der Waals surface area (Å²) in [4.78, 5) is 41.5. The van der Waals surface area contributed by atoms with Crippen LogP contribution in [0.2, 0.25) is 0 Å². The lowest BCUT2D eigenvalue weighted by molar-refractivity contribution is -0.152. The van der Waals surface area contributed by atoms with Crippen LogP contribution >= 0.6 is 0 Å². The lowest BCUT2D eigenvalue weighted by atomic mass is 10.1. The van der Waals surface area contributed by atoms with Gasteiger partial charge in [0, 0.05) is 25.2 Å². The first kappa shape index (κ1) is 26.9. The van der Waals surface area contributed by atoms with Gasteiger partial charge in [-0.05, 0) is 44.9 Å². The highest BCUT2D eigenvalue weighted by Gasteiger charge is 2.20. The van der Waals surface area contributed by atoms with Gasteiger partial charge in [0.15, 0.2) is 0 Å². The fraction of sp³-hybridized carbons (Fsp3) is 0.826. The second-order valence-corrected chi connectivity index (χ2v) is 8.57. The normalized spacial score (nSPS) is 29.4. The van der Waals surface area contributed by atoms with Gasteiger partial charge in [-0.2, -0.15) is 0 Å². The zero-order valence-electron chi connectivity index (χ0n) is 19.4. The van der Waals surface area contributed by atoms with E-state index in [1.165, 1.54) is 0 Å². The fourth-order valence-corrected chi connectivity index (χ4v) is 3.14. The SMILES string of the molecule is CC1CCC(=O)OC1.CC1CCCC(=O)O1.CC1COC(=O)C1.CCC1CCC(=O)O1. The Hall–Kier alpha value is -2.12. The molecule has 0 radical (unpaired) electrons. The highest BCUT2D eigenvalue weighted by Crippen LogP contribution is 2.15. The average Bonchev–Trinajstić information content (AvgIpc) is 3.32. The van der Waals surface area contributed by atoms with E-state index in [-0.39, 0.29) is 36.1 Å². The minimum Gasteiger partial charge on any atom is -0.465 e. The standard InChI is InChI=1S/3C6H10O2.C5H8O2/c1-5-2-3-6(7)8-4-5;1-5-3-2-4-6(7)8-5;1-2-5-3-4-6(7)8-5;1-4-2-5(6)7-3-4/h3*5H,2-4H2,1H3;4H,2-3H2,1H3. The maximum absolute atomic E-state index is 10.5. The largest absolute Gasteiger partial charge is 0.465 e. The van der Waals surface area contributed by atoms with Crippen LogP contribution in [0, 0.1) is 11.8 Å². The van der Waals surface area contributed by atoms with Crippen LogP contribution in [0.15, 0.2) is 0 Å². The molecule has 4 aliphatic rings. The lowest BCUT2D eigenvalue weighted by Gasteiger charge is -2.17. The molecule has 4 fully saturated rings. The highest BCUT2D eigenvalue weighted by atomic mass is 16.6. The molecule has 0 bridgehead atoms. The predicted molar refractivity (Wildman–Crippen MR) is 113 cm³/mol. The molecule has 0 aliphatic carbocycles. The van der Waals surface area contributed by atoms with Crippen LogP contribution in [0.3, 0.4) is 0 Å². The molecule has 4 rings (SSSR count). The number of esters is 4. The third kappa shape index (κ3) is 13.0. The molecule has 4 unspecified atom stereocenters. The highest BCUT2D eigenvalue weighted by molar-refractivity contribution is 5.72. The molecule has 4 heterocycles. The van der Waals surface area contributed by atoms with Gasteiger partial charge in [-0.25, -0.2) is 0 Å². The van der Waals surface area contributed by atoms with E-state index in [0.29, 0.717) is 50.7 Å². The van der Waals surface area contributed by atoms with Crippen LogP contribution < -0.4 is 0 Å². The molecule has 0 saturated carbocycles.